The number of hydrogen-bond donors (Lipinski definition) is 1. The summed E-state index contributed by atoms with van der Waals surface area (Å²) in [5, 5.41) is 7.38. The molecule has 66 valence electrons. The zero-order chi connectivity index (χ0) is 9.14. The second kappa shape index (κ2) is 3.70. The van der Waals surface area contributed by atoms with Crippen LogP contribution in [0.2, 0.25) is 0 Å². The molecule has 0 unspecified atom stereocenters. The van der Waals surface area contributed by atoms with E-state index in [0.29, 0.717) is 5.71 Å². The quantitative estimate of drug-likeness (QED) is 0.485. The summed E-state index contributed by atoms with van der Waals surface area (Å²) in [4.78, 5) is 0. The van der Waals surface area contributed by atoms with Gasteiger partial charge in [0.1, 0.15) is 0 Å². The Labute approximate surface area is 74.7 Å². The fraction of sp³-hybridized carbons (Fsp3) is 0.545. The fourth-order valence-electron chi connectivity index (χ4n) is 1.39. The van der Waals surface area contributed by atoms with Gasteiger partial charge in [-0.3, -0.25) is 0 Å². The maximum absolute atomic E-state index is 7.38. The van der Waals surface area contributed by atoms with Gasteiger partial charge in [0.2, 0.25) is 0 Å². The third kappa shape index (κ3) is 3.04. The van der Waals surface area contributed by atoms with E-state index >= 15 is 0 Å². The van der Waals surface area contributed by atoms with Crippen LogP contribution in [0.5, 0.6) is 0 Å². The summed E-state index contributed by atoms with van der Waals surface area (Å²) in [6, 6.07) is 0. The number of nitrogens with one attached hydrogen (secondary N) is 1. The summed E-state index contributed by atoms with van der Waals surface area (Å²) in [6.45, 7) is 7.79. The minimum atomic E-state index is 0.665. The molecule has 1 aliphatic carbocycles. The first kappa shape index (κ1) is 9.24. The van der Waals surface area contributed by atoms with Crippen molar-refractivity contribution in [2.24, 2.45) is 5.92 Å². The normalized spacial score (nSPS) is 17.7. The molecule has 0 heterocycles. The summed E-state index contributed by atoms with van der Waals surface area (Å²) in [6.07, 6.45) is 5.62. The fourth-order valence-corrected chi connectivity index (χ4v) is 1.39. The predicted molar refractivity (Wildman–Crippen MR) is 53.6 cm³/mol. The van der Waals surface area contributed by atoms with Crippen LogP contribution in [-0.2, 0) is 0 Å². The third-order valence-electron chi connectivity index (χ3n) is 2.01. The average molecular weight is 163 g/mol. The van der Waals surface area contributed by atoms with E-state index in [2.05, 4.69) is 13.5 Å². The lowest BCUT2D eigenvalue weighted by atomic mass is 10.0. The highest BCUT2D eigenvalue weighted by Gasteiger charge is 2.25. The molecule has 1 N–H and O–H groups in total. The molecule has 0 atom stereocenters. The van der Waals surface area contributed by atoms with Crippen molar-refractivity contribution < 1.29 is 0 Å². The number of allylic oxidation sites excluding steroid dienone is 3. The van der Waals surface area contributed by atoms with Gasteiger partial charge in [0, 0.05) is 5.71 Å². The van der Waals surface area contributed by atoms with Crippen molar-refractivity contribution in [3.8, 4) is 0 Å². The van der Waals surface area contributed by atoms with E-state index in [0.717, 1.165) is 12.3 Å². The molecule has 1 heteroatoms. The van der Waals surface area contributed by atoms with Gasteiger partial charge in [-0.15, -0.1) is 0 Å². The second-order valence-electron chi connectivity index (χ2n) is 3.81. The van der Waals surface area contributed by atoms with Crippen LogP contribution >= 0.6 is 0 Å². The van der Waals surface area contributed by atoms with Crippen LogP contribution in [0, 0.1) is 11.3 Å². The monoisotopic (exact) mass is 163 g/mol. The van der Waals surface area contributed by atoms with Crippen LogP contribution in [0.4, 0.5) is 0 Å². The van der Waals surface area contributed by atoms with Gasteiger partial charge >= 0.3 is 0 Å². The SMILES string of the molecule is C=C(C)C/C(=C\C(C)=N)C1CC1. The molecule has 0 bridgehead atoms. The van der Waals surface area contributed by atoms with E-state index in [4.69, 9.17) is 5.41 Å². The van der Waals surface area contributed by atoms with Crippen LogP contribution in [0.25, 0.3) is 0 Å². The van der Waals surface area contributed by atoms with Gasteiger partial charge < -0.3 is 5.41 Å². The number of rotatable bonds is 4. The minimum Gasteiger partial charge on any atom is -0.306 e. The first-order chi connectivity index (χ1) is 5.59. The lowest BCUT2D eigenvalue weighted by Gasteiger charge is -2.04. The van der Waals surface area contributed by atoms with Crippen LogP contribution in [0.3, 0.4) is 0 Å². The molecule has 0 spiro atoms. The maximum atomic E-state index is 7.38. The molecule has 1 rings (SSSR count). The Bertz CT molecular complexity index is 231. The van der Waals surface area contributed by atoms with E-state index in [1.165, 1.54) is 24.0 Å². The van der Waals surface area contributed by atoms with Gasteiger partial charge in [0.15, 0.2) is 0 Å². The molecule has 0 saturated heterocycles. The Morgan fingerprint density at radius 2 is 2.08 bits per heavy atom. The Morgan fingerprint density at radius 3 is 2.42 bits per heavy atom. The Balaban J connectivity index is 2.60. The zero-order valence-corrected chi connectivity index (χ0v) is 7.98. The van der Waals surface area contributed by atoms with Gasteiger partial charge in [-0.1, -0.05) is 17.7 Å². The topological polar surface area (TPSA) is 23.9 Å². The molecule has 0 radical (unpaired) electrons. The lowest BCUT2D eigenvalue weighted by molar-refractivity contribution is 0.928. The van der Waals surface area contributed by atoms with Crippen molar-refractivity contribution in [3.05, 3.63) is 23.8 Å². The minimum absolute atomic E-state index is 0.665. The van der Waals surface area contributed by atoms with Crippen LogP contribution in [-0.4, -0.2) is 5.71 Å². The third-order valence-corrected chi connectivity index (χ3v) is 2.01. The lowest BCUT2D eigenvalue weighted by Crippen LogP contribution is -1.91. The van der Waals surface area contributed by atoms with Crippen molar-refractivity contribution >= 4 is 5.71 Å². The average Bonchev–Trinajstić information content (AvgIpc) is 2.63. The second-order valence-corrected chi connectivity index (χ2v) is 3.81. The summed E-state index contributed by atoms with van der Waals surface area (Å²) in [5.74, 6) is 0.766. The van der Waals surface area contributed by atoms with Crippen molar-refractivity contribution in [1.82, 2.24) is 0 Å². The largest absolute Gasteiger partial charge is 0.306 e. The van der Waals surface area contributed by atoms with Crippen molar-refractivity contribution in [1.29, 1.82) is 5.41 Å². The predicted octanol–water partition coefficient (Wildman–Crippen LogP) is 3.33. The van der Waals surface area contributed by atoms with Crippen LogP contribution in [0.1, 0.15) is 33.1 Å². The van der Waals surface area contributed by atoms with E-state index < -0.39 is 0 Å². The van der Waals surface area contributed by atoms with Gasteiger partial charge in [-0.25, -0.2) is 0 Å². The highest BCUT2D eigenvalue weighted by Crippen LogP contribution is 2.39. The molecule has 12 heavy (non-hydrogen) atoms. The van der Waals surface area contributed by atoms with E-state index in [1.54, 1.807) is 0 Å². The van der Waals surface area contributed by atoms with Crippen molar-refractivity contribution in [3.63, 3.8) is 0 Å². The molecule has 1 fully saturated rings. The van der Waals surface area contributed by atoms with Gasteiger partial charge in [-0.2, -0.15) is 0 Å². The number of hydrogen-bond acceptors (Lipinski definition) is 1. The molecule has 0 aliphatic heterocycles. The van der Waals surface area contributed by atoms with Gasteiger partial charge in [-0.05, 0) is 45.1 Å². The van der Waals surface area contributed by atoms with Crippen molar-refractivity contribution in [2.75, 3.05) is 0 Å². The first-order valence-corrected chi connectivity index (χ1v) is 4.49. The standard InChI is InChI=1S/C11H17N/c1-8(2)6-11(7-9(3)12)10-4-5-10/h7,10,12H,1,4-6H2,2-3H3/b11-7+,12-9?. The van der Waals surface area contributed by atoms with E-state index in [9.17, 15) is 0 Å². The molecule has 1 aliphatic rings. The molecule has 0 aromatic rings. The smallest absolute Gasteiger partial charge is 0.0282 e. The molecule has 1 saturated carbocycles. The maximum Gasteiger partial charge on any atom is 0.0282 e. The first-order valence-electron chi connectivity index (χ1n) is 4.49. The van der Waals surface area contributed by atoms with E-state index in [-0.39, 0.29) is 0 Å². The highest BCUT2D eigenvalue weighted by atomic mass is 14.4. The molecule has 0 aromatic carbocycles. The summed E-state index contributed by atoms with van der Waals surface area (Å²) in [5.41, 5.74) is 3.28. The summed E-state index contributed by atoms with van der Waals surface area (Å²) < 4.78 is 0. The van der Waals surface area contributed by atoms with Crippen LogP contribution in [0.15, 0.2) is 23.8 Å². The Kier molecular flexibility index (Phi) is 2.85. The molecule has 0 amide bonds. The summed E-state index contributed by atoms with van der Waals surface area (Å²) in [7, 11) is 0. The van der Waals surface area contributed by atoms with Crippen LogP contribution < -0.4 is 0 Å². The Hall–Kier alpha value is -0.850. The van der Waals surface area contributed by atoms with E-state index in [1.807, 2.05) is 13.0 Å². The van der Waals surface area contributed by atoms with Crippen molar-refractivity contribution in [2.45, 2.75) is 33.1 Å². The molecular weight excluding hydrogens is 146 g/mol. The molecule has 0 aromatic heterocycles. The Morgan fingerprint density at radius 1 is 1.50 bits per heavy atom. The summed E-state index contributed by atoms with van der Waals surface area (Å²) >= 11 is 0. The van der Waals surface area contributed by atoms with Gasteiger partial charge in [0.05, 0.1) is 0 Å². The highest BCUT2D eigenvalue weighted by molar-refractivity contribution is 5.90. The molecule has 1 nitrogen and oxygen atoms in total. The van der Waals surface area contributed by atoms with Gasteiger partial charge in [0.25, 0.3) is 0 Å². The molecular formula is C11H17N. The zero-order valence-electron chi connectivity index (χ0n) is 7.98.